The normalized spacial score (nSPS) is 22.4. The van der Waals surface area contributed by atoms with Crippen LogP contribution in [0.5, 0.6) is 11.8 Å². The number of hydrogen-bond donors (Lipinski definition) is 1. The van der Waals surface area contributed by atoms with E-state index in [1.165, 1.54) is 12.1 Å². The smallest absolute Gasteiger partial charge is 0.416 e. The number of piperidine rings is 1. The maximum absolute atomic E-state index is 13.1. The summed E-state index contributed by atoms with van der Waals surface area (Å²) in [4.78, 5) is 6.60. The largest absolute Gasteiger partial charge is 0.424 e. The summed E-state index contributed by atoms with van der Waals surface area (Å²) in [5, 5.41) is 16.1. The molecule has 3 atom stereocenters. The molecule has 1 saturated heterocycles. The molecule has 3 heterocycles. The lowest BCUT2D eigenvalue weighted by Gasteiger charge is -2.37. The highest BCUT2D eigenvalue weighted by atomic mass is 19.4. The number of nitrogens with one attached hydrogen (secondary N) is 1. The molecule has 0 radical (unpaired) electrons. The first-order valence-corrected chi connectivity index (χ1v) is 11.3. The van der Waals surface area contributed by atoms with Crippen LogP contribution in [0.15, 0.2) is 28.7 Å². The van der Waals surface area contributed by atoms with Gasteiger partial charge in [-0.25, -0.2) is 4.68 Å². The number of fused-ring (bicyclic) bond motifs is 2. The summed E-state index contributed by atoms with van der Waals surface area (Å²) in [5.41, 5.74) is -0.779. The number of rotatable bonds is 6. The van der Waals surface area contributed by atoms with Crippen LogP contribution in [-0.4, -0.2) is 44.1 Å². The van der Waals surface area contributed by atoms with Gasteiger partial charge in [-0.05, 0) is 56.7 Å². The van der Waals surface area contributed by atoms with E-state index in [4.69, 9.17) is 9.15 Å². The quantitative estimate of drug-likeness (QED) is 0.547. The molecule has 2 fully saturated rings. The molecule has 3 aromatic rings. The summed E-state index contributed by atoms with van der Waals surface area (Å²) in [6.45, 7) is 7.16. The molecule has 2 bridgehead atoms. The Kier molecular flexibility index (Phi) is 5.61. The Morgan fingerprint density at radius 1 is 1.15 bits per heavy atom. The van der Waals surface area contributed by atoms with E-state index in [0.29, 0.717) is 29.7 Å². The monoisotopic (exact) mass is 477 g/mol. The van der Waals surface area contributed by atoms with Crippen LogP contribution in [-0.2, 0) is 6.18 Å². The third kappa shape index (κ3) is 4.40. The minimum atomic E-state index is -4.45. The number of aromatic nitrogens is 5. The van der Waals surface area contributed by atoms with Crippen molar-refractivity contribution in [1.29, 1.82) is 0 Å². The number of ether oxygens (including phenoxy) is 1. The first-order chi connectivity index (χ1) is 16.2. The van der Waals surface area contributed by atoms with Gasteiger partial charge in [-0.3, -0.25) is 0 Å². The molecule has 34 heavy (non-hydrogen) atoms. The summed E-state index contributed by atoms with van der Waals surface area (Å²) in [6, 6.07) is 5.51. The molecule has 1 aliphatic carbocycles. The number of hydrogen-bond acceptors (Lipinski definition) is 8. The third-order valence-electron chi connectivity index (χ3n) is 6.38. The molecule has 2 aliphatic rings. The van der Waals surface area contributed by atoms with Gasteiger partial charge in [-0.1, -0.05) is 11.2 Å². The van der Waals surface area contributed by atoms with Gasteiger partial charge in [0, 0.05) is 26.1 Å². The second kappa shape index (κ2) is 8.48. The van der Waals surface area contributed by atoms with Crippen molar-refractivity contribution in [2.75, 3.05) is 23.3 Å². The van der Waals surface area contributed by atoms with Crippen LogP contribution in [0.3, 0.4) is 0 Å². The fourth-order valence-corrected chi connectivity index (χ4v) is 4.79. The number of benzene rings is 1. The van der Waals surface area contributed by atoms with Gasteiger partial charge in [0.05, 0.1) is 11.6 Å². The van der Waals surface area contributed by atoms with E-state index >= 15 is 0 Å². The van der Waals surface area contributed by atoms with Gasteiger partial charge < -0.3 is 19.4 Å². The van der Waals surface area contributed by atoms with Crippen molar-refractivity contribution in [3.05, 3.63) is 35.7 Å². The average Bonchev–Trinajstić information content (AvgIpc) is 3.44. The molecular weight excluding hydrogens is 451 g/mol. The van der Waals surface area contributed by atoms with Crippen molar-refractivity contribution < 1.29 is 22.3 Å². The molecule has 182 valence electrons. The molecular formula is C22H26F3N7O2. The van der Waals surface area contributed by atoms with E-state index < -0.39 is 11.7 Å². The van der Waals surface area contributed by atoms with Crippen LogP contribution in [0, 0.1) is 18.8 Å². The summed E-state index contributed by atoms with van der Waals surface area (Å²) in [6.07, 6.45) is -2.33. The second-order valence-electron chi connectivity index (χ2n) is 9.16. The Morgan fingerprint density at radius 3 is 2.50 bits per heavy atom. The van der Waals surface area contributed by atoms with Crippen LogP contribution in [0.4, 0.5) is 25.1 Å². The van der Waals surface area contributed by atoms with Crippen molar-refractivity contribution in [2.24, 2.45) is 11.8 Å². The molecule has 2 aromatic heterocycles. The lowest BCUT2D eigenvalue weighted by Crippen LogP contribution is -2.48. The second-order valence-corrected chi connectivity index (χ2v) is 9.16. The average molecular weight is 477 g/mol. The minimum absolute atomic E-state index is 0.0545. The Hall–Kier alpha value is -3.31. The standard InChI is InChI=1S/C22H26F3N7O2/c1-12(2)32-20(34-17-6-4-5-16(9-17)22(23,24)25)27-19(30-32)26-18-14-7-8-15(18)11-31(10-14)21-29-28-13(3)33-21/h4-6,9,12,14-15,18H,7-8,10-11H2,1-3H3,(H,26,30)/t14-,15+,18+. The summed E-state index contributed by atoms with van der Waals surface area (Å²) in [5.74, 6) is 1.70. The van der Waals surface area contributed by atoms with Gasteiger partial charge in [0.2, 0.25) is 11.8 Å². The van der Waals surface area contributed by atoms with E-state index in [-0.39, 0.29) is 23.8 Å². The predicted octanol–water partition coefficient (Wildman–Crippen LogP) is 4.69. The van der Waals surface area contributed by atoms with Crippen molar-refractivity contribution >= 4 is 12.0 Å². The first kappa shape index (κ1) is 22.5. The zero-order chi connectivity index (χ0) is 24.0. The van der Waals surface area contributed by atoms with Crippen LogP contribution >= 0.6 is 0 Å². The fourth-order valence-electron chi connectivity index (χ4n) is 4.79. The fraction of sp³-hybridized carbons (Fsp3) is 0.545. The van der Waals surface area contributed by atoms with Gasteiger partial charge in [-0.2, -0.15) is 18.2 Å². The number of nitrogens with zero attached hydrogens (tertiary/aromatic N) is 6. The highest BCUT2D eigenvalue weighted by Gasteiger charge is 2.44. The Labute approximate surface area is 194 Å². The van der Waals surface area contributed by atoms with Gasteiger partial charge in [-0.15, -0.1) is 10.2 Å². The van der Waals surface area contributed by atoms with Crippen molar-refractivity contribution in [3.8, 4) is 11.8 Å². The summed E-state index contributed by atoms with van der Waals surface area (Å²) in [7, 11) is 0. The van der Waals surface area contributed by atoms with E-state index in [1.807, 2.05) is 13.8 Å². The van der Waals surface area contributed by atoms with Gasteiger partial charge in [0.15, 0.2) is 0 Å². The Morgan fingerprint density at radius 2 is 1.88 bits per heavy atom. The molecule has 0 unspecified atom stereocenters. The maximum Gasteiger partial charge on any atom is 0.416 e. The molecule has 1 N–H and O–H groups in total. The lowest BCUT2D eigenvalue weighted by molar-refractivity contribution is -0.137. The number of aryl methyl sites for hydroxylation is 1. The summed E-state index contributed by atoms with van der Waals surface area (Å²) < 4.78 is 52.1. The predicted molar refractivity (Wildman–Crippen MR) is 117 cm³/mol. The molecule has 1 aromatic carbocycles. The molecule has 1 saturated carbocycles. The van der Waals surface area contributed by atoms with Gasteiger partial charge >= 0.3 is 18.2 Å². The lowest BCUT2D eigenvalue weighted by atomic mass is 9.92. The number of halogens is 3. The first-order valence-electron chi connectivity index (χ1n) is 11.3. The van der Waals surface area contributed by atoms with Crippen molar-refractivity contribution in [1.82, 2.24) is 25.0 Å². The molecule has 0 spiro atoms. The van der Waals surface area contributed by atoms with Crippen molar-refractivity contribution in [3.63, 3.8) is 0 Å². The van der Waals surface area contributed by atoms with Gasteiger partial charge in [0.25, 0.3) is 0 Å². The van der Waals surface area contributed by atoms with Crippen LogP contribution < -0.4 is 15.0 Å². The maximum atomic E-state index is 13.1. The molecule has 9 nitrogen and oxygen atoms in total. The Bertz CT molecular complexity index is 1150. The third-order valence-corrected chi connectivity index (χ3v) is 6.38. The zero-order valence-corrected chi connectivity index (χ0v) is 19.1. The molecule has 1 aliphatic heterocycles. The topological polar surface area (TPSA) is 94.1 Å². The van der Waals surface area contributed by atoms with E-state index in [2.05, 4.69) is 30.5 Å². The van der Waals surface area contributed by atoms with E-state index in [9.17, 15) is 13.2 Å². The Balaban J connectivity index is 1.32. The van der Waals surface area contributed by atoms with Crippen LogP contribution in [0.25, 0.3) is 0 Å². The summed E-state index contributed by atoms with van der Waals surface area (Å²) >= 11 is 0. The number of alkyl halides is 3. The molecule has 12 heteroatoms. The highest BCUT2D eigenvalue weighted by molar-refractivity contribution is 5.36. The SMILES string of the molecule is Cc1nnc(N2C[C@H]3CC[C@@H](C2)[C@H]3Nc2nc(Oc3cccc(C(F)(F)F)c3)n(C(C)C)n2)o1. The van der Waals surface area contributed by atoms with Crippen LogP contribution in [0.1, 0.15) is 44.2 Å². The van der Waals surface area contributed by atoms with Gasteiger partial charge in [0.1, 0.15) is 5.75 Å². The molecule has 5 rings (SSSR count). The van der Waals surface area contributed by atoms with Crippen LogP contribution in [0.2, 0.25) is 0 Å². The number of anilines is 2. The molecule has 0 amide bonds. The van der Waals surface area contributed by atoms with Crippen molar-refractivity contribution in [2.45, 2.75) is 51.9 Å². The minimum Gasteiger partial charge on any atom is -0.424 e. The van der Waals surface area contributed by atoms with E-state index in [0.717, 1.165) is 38.1 Å². The van der Waals surface area contributed by atoms with E-state index in [1.54, 1.807) is 11.6 Å². The zero-order valence-electron chi connectivity index (χ0n) is 19.1. The highest BCUT2D eigenvalue weighted by Crippen LogP contribution is 2.40.